The summed E-state index contributed by atoms with van der Waals surface area (Å²) in [6.07, 6.45) is 0. The van der Waals surface area contributed by atoms with Crippen LogP contribution in [0.5, 0.6) is 0 Å². The number of aromatic nitrogens is 1. The third kappa shape index (κ3) is 4.36. The van der Waals surface area contributed by atoms with E-state index in [0.29, 0.717) is 0 Å². The number of benzene rings is 7. The average molecular weight is 551 g/mol. The number of anilines is 3. The third-order valence-corrected chi connectivity index (χ3v) is 8.56. The molecule has 0 saturated carbocycles. The summed E-state index contributed by atoms with van der Waals surface area (Å²) in [6, 6.07) is 59.0. The van der Waals surface area contributed by atoms with E-state index in [1.807, 2.05) is 0 Å². The van der Waals surface area contributed by atoms with Gasteiger partial charge >= 0.3 is 0 Å². The van der Waals surface area contributed by atoms with Gasteiger partial charge in [-0.3, -0.25) is 0 Å². The van der Waals surface area contributed by atoms with Gasteiger partial charge in [-0.05, 0) is 87.6 Å². The SMILES string of the molecule is Cn1c2cc3ccccc3cc2c2c(-c3ccc(N(c4ccccc4)c4cccc(-c5ccccc5)c4)cc3)cccc21. The van der Waals surface area contributed by atoms with E-state index < -0.39 is 0 Å². The Hall–Kier alpha value is -5.60. The van der Waals surface area contributed by atoms with Crippen LogP contribution in [0, 0.1) is 0 Å². The fraction of sp³-hybridized carbons (Fsp3) is 0.0244. The molecule has 0 aliphatic rings. The highest BCUT2D eigenvalue weighted by Gasteiger charge is 2.16. The molecule has 0 aliphatic carbocycles. The monoisotopic (exact) mass is 550 g/mol. The molecular weight excluding hydrogens is 520 g/mol. The summed E-state index contributed by atoms with van der Waals surface area (Å²) in [7, 11) is 2.17. The number of nitrogens with zero attached hydrogens (tertiary/aromatic N) is 2. The molecule has 0 aliphatic heterocycles. The van der Waals surface area contributed by atoms with Gasteiger partial charge in [0.1, 0.15) is 0 Å². The molecule has 43 heavy (non-hydrogen) atoms. The molecule has 0 atom stereocenters. The normalized spacial score (nSPS) is 11.4. The molecule has 0 fully saturated rings. The Labute approximate surface area is 251 Å². The van der Waals surface area contributed by atoms with Crippen molar-refractivity contribution >= 4 is 49.6 Å². The number of rotatable bonds is 5. The lowest BCUT2D eigenvalue weighted by Crippen LogP contribution is -2.09. The summed E-state index contributed by atoms with van der Waals surface area (Å²) in [6.45, 7) is 0. The largest absolute Gasteiger partial charge is 0.344 e. The van der Waals surface area contributed by atoms with Crippen molar-refractivity contribution in [2.75, 3.05) is 4.90 Å². The minimum absolute atomic E-state index is 1.12. The van der Waals surface area contributed by atoms with Crippen LogP contribution in [0.3, 0.4) is 0 Å². The molecule has 8 rings (SSSR count). The van der Waals surface area contributed by atoms with E-state index in [1.54, 1.807) is 0 Å². The molecule has 0 radical (unpaired) electrons. The topological polar surface area (TPSA) is 8.17 Å². The van der Waals surface area contributed by atoms with Gasteiger partial charge in [0.2, 0.25) is 0 Å². The van der Waals surface area contributed by atoms with Gasteiger partial charge in [0.25, 0.3) is 0 Å². The Bertz CT molecular complexity index is 2230. The number of hydrogen-bond donors (Lipinski definition) is 0. The predicted molar refractivity (Wildman–Crippen MR) is 183 cm³/mol. The molecule has 0 unspecified atom stereocenters. The molecule has 2 heteroatoms. The van der Waals surface area contributed by atoms with Crippen molar-refractivity contribution in [3.63, 3.8) is 0 Å². The molecule has 0 amide bonds. The van der Waals surface area contributed by atoms with Crippen molar-refractivity contribution in [3.05, 3.63) is 164 Å². The quantitative estimate of drug-likeness (QED) is 0.207. The summed E-state index contributed by atoms with van der Waals surface area (Å²) in [4.78, 5) is 2.33. The fourth-order valence-electron chi connectivity index (χ4n) is 6.45. The van der Waals surface area contributed by atoms with Gasteiger partial charge < -0.3 is 9.47 Å². The second-order valence-electron chi connectivity index (χ2n) is 11.1. The molecule has 7 aromatic carbocycles. The van der Waals surface area contributed by atoms with Gasteiger partial charge in [-0.1, -0.05) is 109 Å². The molecule has 2 nitrogen and oxygen atoms in total. The Kier molecular flexibility index (Phi) is 6.05. The summed E-state index contributed by atoms with van der Waals surface area (Å²) < 4.78 is 2.33. The molecule has 8 aromatic rings. The van der Waals surface area contributed by atoms with E-state index in [1.165, 1.54) is 54.8 Å². The number of hydrogen-bond acceptors (Lipinski definition) is 1. The zero-order valence-corrected chi connectivity index (χ0v) is 24.0. The highest BCUT2D eigenvalue weighted by molar-refractivity contribution is 6.17. The zero-order chi connectivity index (χ0) is 28.8. The first-order valence-corrected chi connectivity index (χ1v) is 14.8. The summed E-state index contributed by atoms with van der Waals surface area (Å²) in [5.41, 5.74) is 10.8. The lowest BCUT2D eigenvalue weighted by Gasteiger charge is -2.26. The molecule has 0 saturated heterocycles. The van der Waals surface area contributed by atoms with E-state index in [2.05, 4.69) is 180 Å². The Morgan fingerprint density at radius 3 is 1.79 bits per heavy atom. The Morgan fingerprint density at radius 2 is 1.02 bits per heavy atom. The first kappa shape index (κ1) is 25.1. The van der Waals surface area contributed by atoms with Crippen molar-refractivity contribution in [3.8, 4) is 22.3 Å². The van der Waals surface area contributed by atoms with Gasteiger partial charge in [-0.25, -0.2) is 0 Å². The maximum Gasteiger partial charge on any atom is 0.0495 e. The predicted octanol–water partition coefficient (Wildman–Crippen LogP) is 11.3. The Morgan fingerprint density at radius 1 is 0.419 bits per heavy atom. The second-order valence-corrected chi connectivity index (χ2v) is 11.1. The Balaban J connectivity index is 1.26. The van der Waals surface area contributed by atoms with Crippen molar-refractivity contribution in [2.45, 2.75) is 0 Å². The molecular formula is C41H30N2. The van der Waals surface area contributed by atoms with Gasteiger partial charge in [0.15, 0.2) is 0 Å². The van der Waals surface area contributed by atoms with Crippen LogP contribution in [0.4, 0.5) is 17.1 Å². The van der Waals surface area contributed by atoms with Crippen molar-refractivity contribution in [2.24, 2.45) is 7.05 Å². The van der Waals surface area contributed by atoms with Crippen LogP contribution in [0.25, 0.3) is 54.8 Å². The molecule has 0 bridgehead atoms. The highest BCUT2D eigenvalue weighted by atomic mass is 15.1. The van der Waals surface area contributed by atoms with E-state index in [9.17, 15) is 0 Å². The van der Waals surface area contributed by atoms with Crippen LogP contribution < -0.4 is 4.90 Å². The molecule has 1 heterocycles. The maximum atomic E-state index is 2.35. The maximum absolute atomic E-state index is 2.35. The molecule has 1 aromatic heterocycles. The number of para-hydroxylation sites is 1. The first-order valence-electron chi connectivity index (χ1n) is 14.8. The van der Waals surface area contributed by atoms with Crippen molar-refractivity contribution < 1.29 is 0 Å². The van der Waals surface area contributed by atoms with E-state index in [0.717, 1.165) is 17.1 Å². The highest BCUT2D eigenvalue weighted by Crippen LogP contribution is 2.40. The van der Waals surface area contributed by atoms with Crippen molar-refractivity contribution in [1.82, 2.24) is 4.57 Å². The zero-order valence-electron chi connectivity index (χ0n) is 24.0. The van der Waals surface area contributed by atoms with Crippen LogP contribution in [0.1, 0.15) is 0 Å². The van der Waals surface area contributed by atoms with Crippen LogP contribution in [-0.4, -0.2) is 4.57 Å². The van der Waals surface area contributed by atoms with E-state index in [4.69, 9.17) is 0 Å². The third-order valence-electron chi connectivity index (χ3n) is 8.56. The van der Waals surface area contributed by atoms with Crippen molar-refractivity contribution in [1.29, 1.82) is 0 Å². The van der Waals surface area contributed by atoms with Gasteiger partial charge in [-0.2, -0.15) is 0 Å². The lowest BCUT2D eigenvalue weighted by atomic mass is 9.98. The van der Waals surface area contributed by atoms with E-state index >= 15 is 0 Å². The summed E-state index contributed by atoms with van der Waals surface area (Å²) in [5.74, 6) is 0. The van der Waals surface area contributed by atoms with Gasteiger partial charge in [0, 0.05) is 45.9 Å². The molecule has 0 spiro atoms. The minimum atomic E-state index is 1.12. The van der Waals surface area contributed by atoms with Gasteiger partial charge in [0.05, 0.1) is 0 Å². The van der Waals surface area contributed by atoms with E-state index in [-0.39, 0.29) is 0 Å². The molecule has 204 valence electrons. The summed E-state index contributed by atoms with van der Waals surface area (Å²) >= 11 is 0. The average Bonchev–Trinajstić information content (AvgIpc) is 3.36. The van der Waals surface area contributed by atoms with Crippen LogP contribution >= 0.6 is 0 Å². The van der Waals surface area contributed by atoms with Crippen LogP contribution in [-0.2, 0) is 7.05 Å². The minimum Gasteiger partial charge on any atom is -0.344 e. The van der Waals surface area contributed by atoms with Crippen LogP contribution in [0.15, 0.2) is 164 Å². The standard InChI is InChI=1S/C41H30N2/c1-42-39-21-11-20-37(41(39)38-27-32-14-8-9-15-33(32)28-40(38)42)30-22-24-35(25-23-30)43(34-17-6-3-7-18-34)36-19-10-16-31(26-36)29-12-4-2-5-13-29/h2-28H,1H3. The molecule has 0 N–H and O–H groups in total. The fourth-order valence-corrected chi connectivity index (χ4v) is 6.45. The second kappa shape index (κ2) is 10.3. The number of aryl methyl sites for hydroxylation is 1. The summed E-state index contributed by atoms with van der Waals surface area (Å²) in [5, 5.41) is 5.13. The van der Waals surface area contributed by atoms with Crippen LogP contribution in [0.2, 0.25) is 0 Å². The van der Waals surface area contributed by atoms with Gasteiger partial charge in [-0.15, -0.1) is 0 Å². The first-order chi connectivity index (χ1) is 21.2. The lowest BCUT2D eigenvalue weighted by molar-refractivity contribution is 1.02. The smallest absolute Gasteiger partial charge is 0.0495 e. The number of fused-ring (bicyclic) bond motifs is 4.